The molecule has 0 bridgehead atoms. The van der Waals surface area contributed by atoms with Gasteiger partial charge in [-0.1, -0.05) is 46.3 Å². The minimum atomic E-state index is 0.614. The van der Waals surface area contributed by atoms with Crippen LogP contribution in [0.15, 0.2) is 59.1 Å². The molecule has 5 heteroatoms. The van der Waals surface area contributed by atoms with Crippen LogP contribution in [0.5, 0.6) is 0 Å². The third-order valence-corrected chi connectivity index (χ3v) is 3.83. The Bertz CT molecular complexity index is 760. The van der Waals surface area contributed by atoms with Crippen molar-refractivity contribution in [1.29, 1.82) is 0 Å². The van der Waals surface area contributed by atoms with Gasteiger partial charge in [-0.05, 0) is 42.0 Å². The minimum absolute atomic E-state index is 0.614. The maximum Gasteiger partial charge on any atom is 0.199 e. The number of aromatic nitrogens is 3. The molecule has 2 aromatic carbocycles. The monoisotopic (exact) mass is 345 g/mol. The molecule has 0 aliphatic heterocycles. The summed E-state index contributed by atoms with van der Waals surface area (Å²) in [5.41, 5.74) is 2.22. The SMILES string of the molecule is S=c1[nH]nc(Cc2ccc(Br)cc2)n1-c1ccccc1. The van der Waals surface area contributed by atoms with E-state index >= 15 is 0 Å². The third kappa shape index (κ3) is 2.73. The summed E-state index contributed by atoms with van der Waals surface area (Å²) in [4.78, 5) is 0. The van der Waals surface area contributed by atoms with Crippen molar-refractivity contribution in [3.05, 3.63) is 75.2 Å². The van der Waals surface area contributed by atoms with Gasteiger partial charge in [0.25, 0.3) is 0 Å². The lowest BCUT2D eigenvalue weighted by Gasteiger charge is -2.06. The van der Waals surface area contributed by atoms with Crippen LogP contribution in [0.25, 0.3) is 5.69 Å². The molecule has 0 aliphatic rings. The number of hydrogen-bond donors (Lipinski definition) is 1. The molecule has 0 fully saturated rings. The van der Waals surface area contributed by atoms with E-state index in [1.54, 1.807) is 0 Å². The molecule has 100 valence electrons. The lowest BCUT2D eigenvalue weighted by molar-refractivity contribution is 0.902. The van der Waals surface area contributed by atoms with Crippen molar-refractivity contribution in [2.24, 2.45) is 0 Å². The first kappa shape index (κ1) is 13.3. The normalized spacial score (nSPS) is 10.7. The van der Waals surface area contributed by atoms with Crippen LogP contribution < -0.4 is 0 Å². The number of benzene rings is 2. The Morgan fingerprint density at radius 1 is 1.05 bits per heavy atom. The Balaban J connectivity index is 1.99. The summed E-state index contributed by atoms with van der Waals surface area (Å²) in [6.45, 7) is 0. The van der Waals surface area contributed by atoms with Gasteiger partial charge in [-0.3, -0.25) is 9.67 Å². The second kappa shape index (κ2) is 5.73. The van der Waals surface area contributed by atoms with Gasteiger partial charge >= 0.3 is 0 Å². The molecule has 3 rings (SSSR count). The van der Waals surface area contributed by atoms with Gasteiger partial charge in [0.1, 0.15) is 5.82 Å². The van der Waals surface area contributed by atoms with E-state index < -0.39 is 0 Å². The van der Waals surface area contributed by atoms with Gasteiger partial charge in [0.2, 0.25) is 0 Å². The Hall–Kier alpha value is -1.72. The molecule has 0 spiro atoms. The zero-order chi connectivity index (χ0) is 13.9. The minimum Gasteiger partial charge on any atom is -0.272 e. The molecule has 0 aliphatic carbocycles. The number of para-hydroxylation sites is 1. The zero-order valence-electron chi connectivity index (χ0n) is 10.6. The maximum absolute atomic E-state index is 5.33. The maximum atomic E-state index is 5.33. The van der Waals surface area contributed by atoms with Crippen molar-refractivity contribution >= 4 is 28.1 Å². The molecule has 0 saturated carbocycles. The second-order valence-electron chi connectivity index (χ2n) is 4.42. The molecule has 0 radical (unpaired) electrons. The Kier molecular flexibility index (Phi) is 3.80. The molecule has 0 amide bonds. The topological polar surface area (TPSA) is 33.6 Å². The first-order valence-corrected chi connectivity index (χ1v) is 7.40. The van der Waals surface area contributed by atoms with Gasteiger partial charge in [-0.15, -0.1) is 0 Å². The number of nitrogens with one attached hydrogen (secondary N) is 1. The predicted molar refractivity (Wildman–Crippen MR) is 85.7 cm³/mol. The van der Waals surface area contributed by atoms with E-state index in [9.17, 15) is 0 Å². The second-order valence-corrected chi connectivity index (χ2v) is 5.72. The third-order valence-electron chi connectivity index (χ3n) is 3.03. The van der Waals surface area contributed by atoms with E-state index in [1.807, 2.05) is 47.0 Å². The smallest absolute Gasteiger partial charge is 0.199 e. The van der Waals surface area contributed by atoms with E-state index in [2.05, 4.69) is 38.3 Å². The number of aromatic amines is 1. The number of H-pyrrole nitrogens is 1. The van der Waals surface area contributed by atoms with Crippen LogP contribution in [-0.4, -0.2) is 14.8 Å². The largest absolute Gasteiger partial charge is 0.272 e. The quantitative estimate of drug-likeness (QED) is 0.718. The molecule has 0 unspecified atom stereocenters. The lowest BCUT2D eigenvalue weighted by Crippen LogP contribution is -2.02. The van der Waals surface area contributed by atoms with E-state index in [0.29, 0.717) is 4.77 Å². The van der Waals surface area contributed by atoms with Crippen LogP contribution in [0, 0.1) is 4.77 Å². The van der Waals surface area contributed by atoms with Gasteiger partial charge in [0, 0.05) is 16.6 Å². The summed E-state index contributed by atoms with van der Waals surface area (Å²) in [5, 5.41) is 7.22. The van der Waals surface area contributed by atoms with Crippen molar-refractivity contribution in [2.45, 2.75) is 6.42 Å². The van der Waals surface area contributed by atoms with Crippen LogP contribution in [0.2, 0.25) is 0 Å². The molecule has 1 aromatic heterocycles. The number of nitrogens with zero attached hydrogens (tertiary/aromatic N) is 2. The van der Waals surface area contributed by atoms with Crippen LogP contribution in [-0.2, 0) is 6.42 Å². The van der Waals surface area contributed by atoms with Crippen LogP contribution >= 0.6 is 28.1 Å². The predicted octanol–water partition coefficient (Wildman–Crippen LogP) is 4.28. The van der Waals surface area contributed by atoms with Gasteiger partial charge in [0.15, 0.2) is 4.77 Å². The van der Waals surface area contributed by atoms with E-state index in [1.165, 1.54) is 5.56 Å². The molecule has 3 nitrogen and oxygen atoms in total. The highest BCUT2D eigenvalue weighted by atomic mass is 79.9. The highest BCUT2D eigenvalue weighted by Crippen LogP contribution is 2.16. The molecule has 3 aromatic rings. The fraction of sp³-hybridized carbons (Fsp3) is 0.0667. The van der Waals surface area contributed by atoms with Crippen LogP contribution in [0.1, 0.15) is 11.4 Å². The highest BCUT2D eigenvalue weighted by Gasteiger charge is 2.08. The summed E-state index contributed by atoms with van der Waals surface area (Å²) in [6.07, 6.45) is 0.731. The van der Waals surface area contributed by atoms with Gasteiger partial charge < -0.3 is 0 Å². The average molecular weight is 346 g/mol. The fourth-order valence-electron chi connectivity index (χ4n) is 2.08. The molecule has 0 saturated heterocycles. The molecule has 1 heterocycles. The Morgan fingerprint density at radius 2 is 1.75 bits per heavy atom. The Morgan fingerprint density at radius 3 is 2.45 bits per heavy atom. The summed E-state index contributed by atoms with van der Waals surface area (Å²) < 4.78 is 3.66. The zero-order valence-corrected chi connectivity index (χ0v) is 13.0. The van der Waals surface area contributed by atoms with E-state index in [-0.39, 0.29) is 0 Å². The summed E-state index contributed by atoms with van der Waals surface area (Å²) in [6, 6.07) is 18.2. The van der Waals surface area contributed by atoms with Crippen molar-refractivity contribution in [3.8, 4) is 5.69 Å². The first-order chi connectivity index (χ1) is 9.74. The van der Waals surface area contributed by atoms with Crippen molar-refractivity contribution in [2.75, 3.05) is 0 Å². The number of rotatable bonds is 3. The molecular formula is C15H12BrN3S. The standard InChI is InChI=1S/C15H12BrN3S/c16-12-8-6-11(7-9-12)10-14-17-18-15(20)19(14)13-4-2-1-3-5-13/h1-9H,10H2,(H,18,20). The summed E-state index contributed by atoms with van der Waals surface area (Å²) in [7, 11) is 0. The molecule has 1 N–H and O–H groups in total. The molecular weight excluding hydrogens is 334 g/mol. The lowest BCUT2D eigenvalue weighted by atomic mass is 10.1. The van der Waals surface area contributed by atoms with Gasteiger partial charge in [-0.25, -0.2) is 0 Å². The first-order valence-electron chi connectivity index (χ1n) is 6.20. The van der Waals surface area contributed by atoms with Crippen molar-refractivity contribution in [1.82, 2.24) is 14.8 Å². The van der Waals surface area contributed by atoms with E-state index in [4.69, 9.17) is 12.2 Å². The van der Waals surface area contributed by atoms with Crippen LogP contribution in [0.4, 0.5) is 0 Å². The Labute approximate surface area is 130 Å². The van der Waals surface area contributed by atoms with Gasteiger partial charge in [-0.2, -0.15) is 5.10 Å². The molecule has 0 atom stereocenters. The van der Waals surface area contributed by atoms with Crippen LogP contribution in [0.3, 0.4) is 0 Å². The van der Waals surface area contributed by atoms with E-state index in [0.717, 1.165) is 22.4 Å². The average Bonchev–Trinajstić information content (AvgIpc) is 2.83. The fourth-order valence-corrected chi connectivity index (χ4v) is 2.60. The number of hydrogen-bond acceptors (Lipinski definition) is 2. The van der Waals surface area contributed by atoms with Crippen molar-refractivity contribution in [3.63, 3.8) is 0 Å². The van der Waals surface area contributed by atoms with Gasteiger partial charge in [0.05, 0.1) is 0 Å². The highest BCUT2D eigenvalue weighted by molar-refractivity contribution is 9.10. The van der Waals surface area contributed by atoms with Crippen molar-refractivity contribution < 1.29 is 0 Å². The number of halogens is 1. The summed E-state index contributed by atoms with van der Waals surface area (Å²) in [5.74, 6) is 0.906. The molecule has 20 heavy (non-hydrogen) atoms. The summed E-state index contributed by atoms with van der Waals surface area (Å²) >= 11 is 8.77.